The van der Waals surface area contributed by atoms with Crippen LogP contribution in [0.4, 0.5) is 11.4 Å². The molecule has 2 N–H and O–H groups in total. The molecule has 0 fully saturated rings. The van der Waals surface area contributed by atoms with E-state index in [-0.39, 0.29) is 6.04 Å². The van der Waals surface area contributed by atoms with E-state index in [2.05, 4.69) is 15.9 Å². The molecule has 4 nitrogen and oxygen atoms in total. The predicted molar refractivity (Wildman–Crippen MR) is 85.7 cm³/mol. The van der Waals surface area contributed by atoms with Crippen molar-refractivity contribution in [2.75, 3.05) is 10.0 Å². The molecule has 0 saturated heterocycles. The van der Waals surface area contributed by atoms with E-state index >= 15 is 0 Å². The van der Waals surface area contributed by atoms with Gasteiger partial charge in [-0.25, -0.2) is 8.42 Å². The van der Waals surface area contributed by atoms with Crippen LogP contribution in [0, 0.1) is 0 Å². The lowest BCUT2D eigenvalue weighted by Gasteiger charge is -2.23. The first kappa shape index (κ1) is 13.9. The summed E-state index contributed by atoms with van der Waals surface area (Å²) in [5, 5.41) is 1.77. The molecule has 1 aromatic carbocycles. The van der Waals surface area contributed by atoms with Gasteiger partial charge in [0.05, 0.1) is 5.69 Å². The summed E-state index contributed by atoms with van der Waals surface area (Å²) in [6, 6.07) is 7.02. The molecule has 1 atom stereocenters. The summed E-state index contributed by atoms with van der Waals surface area (Å²) < 4.78 is 28.1. The van der Waals surface area contributed by atoms with E-state index < -0.39 is 10.0 Å². The maximum Gasteiger partial charge on any atom is 0.275 e. The van der Waals surface area contributed by atoms with Gasteiger partial charge in [0.1, 0.15) is 0 Å². The molecular formula is C13H13BrN2O2S2. The third-order valence-electron chi connectivity index (χ3n) is 3.33. The Kier molecular flexibility index (Phi) is 3.30. The van der Waals surface area contributed by atoms with Crippen molar-refractivity contribution in [3.63, 3.8) is 0 Å². The molecular weight excluding hydrogens is 360 g/mol. The minimum Gasteiger partial charge on any atom is -0.399 e. The zero-order valence-electron chi connectivity index (χ0n) is 10.7. The average molecular weight is 373 g/mol. The van der Waals surface area contributed by atoms with Gasteiger partial charge in [0, 0.05) is 16.2 Å². The number of nitrogens with two attached hydrogens (primary N) is 1. The Morgan fingerprint density at radius 1 is 1.40 bits per heavy atom. The number of benzene rings is 1. The van der Waals surface area contributed by atoms with Crippen LogP contribution in [0.25, 0.3) is 0 Å². The summed E-state index contributed by atoms with van der Waals surface area (Å²) in [5.41, 5.74) is 8.14. The molecule has 2 aromatic rings. The molecule has 0 spiro atoms. The van der Waals surface area contributed by atoms with Gasteiger partial charge in [-0.05, 0) is 64.5 Å². The monoisotopic (exact) mass is 372 g/mol. The van der Waals surface area contributed by atoms with E-state index in [1.54, 1.807) is 23.6 Å². The summed E-state index contributed by atoms with van der Waals surface area (Å²) in [4.78, 5) is 0. The molecule has 0 radical (unpaired) electrons. The Hall–Kier alpha value is -1.05. The standard InChI is InChI=1S/C13H13BrN2O2S2/c1-8-6-9-7-10(15)2-3-12(9)16(8)20(17,18)13-11(14)4-5-19-13/h2-5,7-8H,6,15H2,1H3. The van der Waals surface area contributed by atoms with Gasteiger partial charge in [0.2, 0.25) is 0 Å². The predicted octanol–water partition coefficient (Wildman–Crippen LogP) is 3.23. The average Bonchev–Trinajstić information content (AvgIpc) is 2.91. The molecule has 3 rings (SSSR count). The van der Waals surface area contributed by atoms with Gasteiger partial charge in [-0.3, -0.25) is 4.31 Å². The van der Waals surface area contributed by atoms with Crippen LogP contribution >= 0.6 is 27.3 Å². The number of anilines is 2. The molecule has 1 aliphatic rings. The fourth-order valence-electron chi connectivity index (χ4n) is 2.54. The van der Waals surface area contributed by atoms with Crippen molar-refractivity contribution in [1.82, 2.24) is 0 Å². The third-order valence-corrected chi connectivity index (χ3v) is 7.91. The molecule has 0 amide bonds. The lowest BCUT2D eigenvalue weighted by Crippen LogP contribution is -2.35. The van der Waals surface area contributed by atoms with Crippen molar-refractivity contribution in [3.05, 3.63) is 39.7 Å². The van der Waals surface area contributed by atoms with Crippen molar-refractivity contribution in [1.29, 1.82) is 0 Å². The van der Waals surface area contributed by atoms with E-state index in [1.807, 2.05) is 13.0 Å². The second kappa shape index (κ2) is 4.75. The first-order valence-electron chi connectivity index (χ1n) is 6.07. The lowest BCUT2D eigenvalue weighted by atomic mass is 10.1. The molecule has 2 heterocycles. The SMILES string of the molecule is CC1Cc2cc(N)ccc2N1S(=O)(=O)c1sccc1Br. The second-order valence-electron chi connectivity index (χ2n) is 4.80. The first-order valence-corrected chi connectivity index (χ1v) is 9.18. The number of thiophene rings is 1. The van der Waals surface area contributed by atoms with Gasteiger partial charge in [-0.15, -0.1) is 11.3 Å². The Morgan fingerprint density at radius 3 is 2.80 bits per heavy atom. The van der Waals surface area contributed by atoms with E-state index in [4.69, 9.17) is 5.73 Å². The van der Waals surface area contributed by atoms with Gasteiger partial charge in [0.15, 0.2) is 4.21 Å². The van der Waals surface area contributed by atoms with Crippen LogP contribution < -0.4 is 10.0 Å². The fraction of sp³-hybridized carbons (Fsp3) is 0.231. The Labute approximate surface area is 130 Å². The van der Waals surface area contributed by atoms with Crippen molar-refractivity contribution < 1.29 is 8.42 Å². The van der Waals surface area contributed by atoms with Crippen molar-refractivity contribution in [2.45, 2.75) is 23.6 Å². The van der Waals surface area contributed by atoms with E-state index in [9.17, 15) is 8.42 Å². The highest BCUT2D eigenvalue weighted by Crippen LogP contribution is 2.40. The van der Waals surface area contributed by atoms with Crippen LogP contribution in [-0.4, -0.2) is 14.5 Å². The third kappa shape index (κ3) is 2.04. The molecule has 0 bridgehead atoms. The zero-order valence-corrected chi connectivity index (χ0v) is 13.9. The molecule has 1 unspecified atom stereocenters. The van der Waals surface area contributed by atoms with Crippen molar-refractivity contribution >= 4 is 48.7 Å². The number of nitrogens with zero attached hydrogens (tertiary/aromatic N) is 1. The normalized spacial score (nSPS) is 18.3. The van der Waals surface area contributed by atoms with Crippen molar-refractivity contribution in [3.8, 4) is 0 Å². The van der Waals surface area contributed by atoms with E-state index in [0.29, 0.717) is 20.8 Å². The van der Waals surface area contributed by atoms with Crippen LogP contribution in [0.1, 0.15) is 12.5 Å². The Morgan fingerprint density at radius 2 is 2.15 bits per heavy atom. The number of fused-ring (bicyclic) bond motifs is 1. The minimum absolute atomic E-state index is 0.106. The van der Waals surface area contributed by atoms with Gasteiger partial charge < -0.3 is 5.73 Å². The Balaban J connectivity index is 2.14. The first-order chi connectivity index (χ1) is 9.41. The summed E-state index contributed by atoms with van der Waals surface area (Å²) in [7, 11) is -3.54. The highest BCUT2D eigenvalue weighted by molar-refractivity contribution is 9.10. The maximum atomic E-state index is 12.8. The molecule has 0 saturated carbocycles. The molecule has 106 valence electrons. The summed E-state index contributed by atoms with van der Waals surface area (Å²) in [5.74, 6) is 0. The molecule has 7 heteroatoms. The van der Waals surface area contributed by atoms with E-state index in [1.165, 1.54) is 15.6 Å². The van der Waals surface area contributed by atoms with Gasteiger partial charge in [-0.2, -0.15) is 0 Å². The van der Waals surface area contributed by atoms with Gasteiger partial charge in [-0.1, -0.05) is 0 Å². The number of hydrogen-bond donors (Lipinski definition) is 1. The molecule has 20 heavy (non-hydrogen) atoms. The number of rotatable bonds is 2. The Bertz CT molecular complexity index is 770. The fourth-order valence-corrected chi connectivity index (χ4v) is 6.62. The summed E-state index contributed by atoms with van der Waals surface area (Å²) >= 11 is 4.53. The highest BCUT2D eigenvalue weighted by atomic mass is 79.9. The van der Waals surface area contributed by atoms with Crippen molar-refractivity contribution in [2.24, 2.45) is 0 Å². The molecule has 1 aliphatic heterocycles. The molecule has 1 aromatic heterocycles. The minimum atomic E-state index is -3.54. The smallest absolute Gasteiger partial charge is 0.275 e. The molecule has 0 aliphatic carbocycles. The van der Waals surface area contributed by atoms with Gasteiger partial charge in [0.25, 0.3) is 10.0 Å². The summed E-state index contributed by atoms with van der Waals surface area (Å²) in [6.07, 6.45) is 0.683. The number of nitrogen functional groups attached to an aromatic ring is 1. The zero-order chi connectivity index (χ0) is 14.5. The lowest BCUT2D eigenvalue weighted by molar-refractivity contribution is 0.586. The second-order valence-corrected chi connectivity index (χ2v) is 8.58. The number of sulfonamides is 1. The van der Waals surface area contributed by atoms with Crippen LogP contribution in [0.3, 0.4) is 0 Å². The van der Waals surface area contributed by atoms with E-state index in [0.717, 1.165) is 11.3 Å². The summed E-state index contributed by atoms with van der Waals surface area (Å²) in [6.45, 7) is 1.91. The van der Waals surface area contributed by atoms with Crippen LogP contribution in [-0.2, 0) is 16.4 Å². The quantitative estimate of drug-likeness (QED) is 0.822. The van der Waals surface area contributed by atoms with Crippen LogP contribution in [0.15, 0.2) is 38.3 Å². The topological polar surface area (TPSA) is 63.4 Å². The van der Waals surface area contributed by atoms with Crippen LogP contribution in [0.5, 0.6) is 0 Å². The maximum absolute atomic E-state index is 12.8. The highest BCUT2D eigenvalue weighted by Gasteiger charge is 2.37. The number of hydrogen-bond acceptors (Lipinski definition) is 4. The van der Waals surface area contributed by atoms with Crippen LogP contribution in [0.2, 0.25) is 0 Å². The largest absolute Gasteiger partial charge is 0.399 e. The number of halogens is 1. The van der Waals surface area contributed by atoms with Gasteiger partial charge >= 0.3 is 0 Å².